The minimum Gasteiger partial charge on any atom is -0.385 e. The first-order valence-corrected chi connectivity index (χ1v) is 6.66. The molecule has 1 saturated carbocycles. The predicted octanol–water partition coefficient (Wildman–Crippen LogP) is 3.17. The lowest BCUT2D eigenvalue weighted by Gasteiger charge is -2.07. The van der Waals surface area contributed by atoms with Crippen LogP contribution < -0.4 is 5.32 Å². The maximum Gasteiger partial charge on any atom is 0.0465 e. The number of methoxy groups -OCH3 is 1. The van der Waals surface area contributed by atoms with E-state index >= 15 is 0 Å². The second kappa shape index (κ2) is 6.39. The normalized spacial score (nSPS) is 15.2. The van der Waals surface area contributed by atoms with Crippen molar-refractivity contribution in [2.45, 2.75) is 38.3 Å². The lowest BCUT2D eigenvalue weighted by molar-refractivity contribution is 0.195. The van der Waals surface area contributed by atoms with Crippen LogP contribution >= 0.6 is 11.6 Å². The highest BCUT2D eigenvalue weighted by atomic mass is 35.5. The minimum atomic E-state index is 0.742. The second-order valence-corrected chi connectivity index (χ2v) is 5.16. The molecule has 2 rings (SSSR count). The Kier molecular flexibility index (Phi) is 4.84. The quantitative estimate of drug-likeness (QED) is 0.754. The second-order valence-electron chi connectivity index (χ2n) is 4.72. The Bertz CT molecular complexity index is 363. The SMILES string of the molecule is COCCCc1cc(Cl)cc(CNC2CC2)c1. The molecule has 0 atom stereocenters. The molecule has 0 unspecified atom stereocenters. The summed E-state index contributed by atoms with van der Waals surface area (Å²) in [5.41, 5.74) is 2.60. The first kappa shape index (κ1) is 12.9. The summed E-state index contributed by atoms with van der Waals surface area (Å²) in [6.45, 7) is 1.74. The summed E-state index contributed by atoms with van der Waals surface area (Å²) in [5, 5.41) is 4.35. The lowest BCUT2D eigenvalue weighted by atomic mass is 10.1. The summed E-state index contributed by atoms with van der Waals surface area (Å²) >= 11 is 6.13. The van der Waals surface area contributed by atoms with Crippen LogP contribution in [0.2, 0.25) is 5.02 Å². The maximum absolute atomic E-state index is 6.13. The number of halogens is 1. The van der Waals surface area contributed by atoms with Crippen LogP contribution in [-0.2, 0) is 17.7 Å². The summed E-state index contributed by atoms with van der Waals surface area (Å²) in [6, 6.07) is 7.09. The Morgan fingerprint density at radius 1 is 1.29 bits per heavy atom. The monoisotopic (exact) mass is 253 g/mol. The molecule has 1 aromatic rings. The highest BCUT2D eigenvalue weighted by molar-refractivity contribution is 6.30. The van der Waals surface area contributed by atoms with Gasteiger partial charge in [-0.3, -0.25) is 0 Å². The van der Waals surface area contributed by atoms with Gasteiger partial charge in [0.25, 0.3) is 0 Å². The Morgan fingerprint density at radius 2 is 2.06 bits per heavy atom. The largest absolute Gasteiger partial charge is 0.385 e. The number of benzene rings is 1. The van der Waals surface area contributed by atoms with Crippen molar-refractivity contribution in [1.29, 1.82) is 0 Å². The molecule has 0 aromatic heterocycles. The van der Waals surface area contributed by atoms with E-state index in [2.05, 4.69) is 23.5 Å². The summed E-state index contributed by atoms with van der Waals surface area (Å²) in [5.74, 6) is 0. The van der Waals surface area contributed by atoms with E-state index in [0.717, 1.165) is 37.1 Å². The van der Waals surface area contributed by atoms with Crippen LogP contribution in [0.1, 0.15) is 30.4 Å². The van der Waals surface area contributed by atoms with E-state index in [4.69, 9.17) is 16.3 Å². The van der Waals surface area contributed by atoms with E-state index in [1.165, 1.54) is 24.0 Å². The number of hydrogen-bond donors (Lipinski definition) is 1. The van der Waals surface area contributed by atoms with Crippen molar-refractivity contribution < 1.29 is 4.74 Å². The average Bonchev–Trinajstić information content (AvgIpc) is 3.10. The Balaban J connectivity index is 1.90. The van der Waals surface area contributed by atoms with Crippen LogP contribution in [0.3, 0.4) is 0 Å². The number of aryl methyl sites for hydroxylation is 1. The van der Waals surface area contributed by atoms with Crippen LogP contribution in [0.25, 0.3) is 0 Å². The van der Waals surface area contributed by atoms with Gasteiger partial charge in [0.15, 0.2) is 0 Å². The van der Waals surface area contributed by atoms with Gasteiger partial charge in [-0.2, -0.15) is 0 Å². The fraction of sp³-hybridized carbons (Fsp3) is 0.571. The van der Waals surface area contributed by atoms with Crippen molar-refractivity contribution >= 4 is 11.6 Å². The Hall–Kier alpha value is -0.570. The van der Waals surface area contributed by atoms with E-state index < -0.39 is 0 Å². The maximum atomic E-state index is 6.13. The van der Waals surface area contributed by atoms with Crippen molar-refractivity contribution in [3.8, 4) is 0 Å². The average molecular weight is 254 g/mol. The van der Waals surface area contributed by atoms with Crippen molar-refractivity contribution in [3.05, 3.63) is 34.3 Å². The molecule has 1 N–H and O–H groups in total. The van der Waals surface area contributed by atoms with Gasteiger partial charge >= 0.3 is 0 Å². The summed E-state index contributed by atoms with van der Waals surface area (Å²) in [4.78, 5) is 0. The van der Waals surface area contributed by atoms with E-state index in [9.17, 15) is 0 Å². The summed E-state index contributed by atoms with van der Waals surface area (Å²) in [7, 11) is 1.74. The van der Waals surface area contributed by atoms with E-state index in [1.54, 1.807) is 7.11 Å². The zero-order valence-electron chi connectivity index (χ0n) is 10.3. The molecule has 0 aliphatic heterocycles. The molecule has 94 valence electrons. The smallest absolute Gasteiger partial charge is 0.0465 e. The molecular formula is C14H20ClNO. The fourth-order valence-electron chi connectivity index (χ4n) is 1.93. The van der Waals surface area contributed by atoms with Gasteiger partial charge < -0.3 is 10.1 Å². The number of nitrogens with one attached hydrogen (secondary N) is 1. The van der Waals surface area contributed by atoms with Gasteiger partial charge in [0.05, 0.1) is 0 Å². The third-order valence-electron chi connectivity index (χ3n) is 3.00. The van der Waals surface area contributed by atoms with Crippen LogP contribution in [0, 0.1) is 0 Å². The third kappa shape index (κ3) is 4.66. The van der Waals surface area contributed by atoms with Gasteiger partial charge in [-0.1, -0.05) is 17.7 Å². The zero-order chi connectivity index (χ0) is 12.1. The van der Waals surface area contributed by atoms with Gasteiger partial charge in [-0.05, 0) is 48.9 Å². The Labute approximate surface area is 108 Å². The molecule has 0 amide bonds. The highest BCUT2D eigenvalue weighted by Crippen LogP contribution is 2.21. The lowest BCUT2D eigenvalue weighted by Crippen LogP contribution is -2.15. The van der Waals surface area contributed by atoms with Crippen LogP contribution in [0.5, 0.6) is 0 Å². The zero-order valence-corrected chi connectivity index (χ0v) is 11.1. The van der Waals surface area contributed by atoms with Gasteiger partial charge in [0.1, 0.15) is 0 Å². The standard InChI is InChI=1S/C14H20ClNO/c1-17-6-2-3-11-7-12(9-13(15)8-11)10-16-14-4-5-14/h7-9,14,16H,2-6,10H2,1H3. The van der Waals surface area contributed by atoms with E-state index in [0.29, 0.717) is 0 Å². The van der Waals surface area contributed by atoms with Crippen molar-refractivity contribution in [2.75, 3.05) is 13.7 Å². The van der Waals surface area contributed by atoms with Crippen LogP contribution in [0.15, 0.2) is 18.2 Å². The van der Waals surface area contributed by atoms with Crippen LogP contribution in [-0.4, -0.2) is 19.8 Å². The highest BCUT2D eigenvalue weighted by Gasteiger charge is 2.19. The summed E-state index contributed by atoms with van der Waals surface area (Å²) < 4.78 is 5.07. The van der Waals surface area contributed by atoms with Gasteiger partial charge in [-0.15, -0.1) is 0 Å². The van der Waals surface area contributed by atoms with E-state index in [1.807, 2.05) is 0 Å². The molecule has 0 saturated heterocycles. The number of hydrogen-bond acceptors (Lipinski definition) is 2. The van der Waals surface area contributed by atoms with Crippen LogP contribution in [0.4, 0.5) is 0 Å². The Morgan fingerprint density at radius 3 is 2.76 bits per heavy atom. The molecule has 1 aliphatic rings. The van der Waals surface area contributed by atoms with Crippen molar-refractivity contribution in [2.24, 2.45) is 0 Å². The minimum absolute atomic E-state index is 0.742. The first-order chi connectivity index (χ1) is 8.28. The molecule has 1 aromatic carbocycles. The number of rotatable bonds is 7. The molecule has 0 bridgehead atoms. The van der Waals surface area contributed by atoms with Gasteiger partial charge in [0.2, 0.25) is 0 Å². The molecule has 1 aliphatic carbocycles. The van der Waals surface area contributed by atoms with Gasteiger partial charge in [0, 0.05) is 31.3 Å². The molecule has 2 nitrogen and oxygen atoms in total. The number of ether oxygens (including phenoxy) is 1. The van der Waals surface area contributed by atoms with E-state index in [-0.39, 0.29) is 0 Å². The van der Waals surface area contributed by atoms with Gasteiger partial charge in [-0.25, -0.2) is 0 Å². The van der Waals surface area contributed by atoms with Crippen molar-refractivity contribution in [1.82, 2.24) is 5.32 Å². The van der Waals surface area contributed by atoms with Crippen molar-refractivity contribution in [3.63, 3.8) is 0 Å². The third-order valence-corrected chi connectivity index (χ3v) is 3.22. The topological polar surface area (TPSA) is 21.3 Å². The summed E-state index contributed by atoms with van der Waals surface area (Å²) in [6.07, 6.45) is 4.72. The predicted molar refractivity (Wildman–Crippen MR) is 71.5 cm³/mol. The molecule has 1 fully saturated rings. The fourth-order valence-corrected chi connectivity index (χ4v) is 2.21. The molecule has 0 heterocycles. The molecule has 17 heavy (non-hydrogen) atoms. The molecule has 3 heteroatoms. The molecule has 0 spiro atoms. The molecule has 0 radical (unpaired) electrons. The first-order valence-electron chi connectivity index (χ1n) is 6.28. The molecular weight excluding hydrogens is 234 g/mol.